The van der Waals surface area contributed by atoms with Gasteiger partial charge in [-0.25, -0.2) is 13.2 Å². The smallest absolute Gasteiger partial charge is 0.195 e. The Labute approximate surface area is 126 Å². The number of rotatable bonds is 2. The van der Waals surface area contributed by atoms with Gasteiger partial charge in [-0.05, 0) is 36.2 Å². The summed E-state index contributed by atoms with van der Waals surface area (Å²) in [6.07, 6.45) is 1.53. The quantitative estimate of drug-likeness (QED) is 0.597. The molecule has 1 nitrogen and oxygen atoms in total. The Morgan fingerprint density at radius 1 is 0.818 bits per heavy atom. The third-order valence-electron chi connectivity index (χ3n) is 3.51. The van der Waals surface area contributed by atoms with E-state index in [2.05, 4.69) is 4.98 Å². The summed E-state index contributed by atoms with van der Waals surface area (Å²) in [6.45, 7) is 1.87. The second-order valence-electron chi connectivity index (χ2n) is 4.94. The van der Waals surface area contributed by atoms with E-state index in [0.717, 1.165) is 17.2 Å². The second-order valence-corrected chi connectivity index (χ2v) is 4.94. The van der Waals surface area contributed by atoms with Gasteiger partial charge in [0.15, 0.2) is 17.5 Å². The molecule has 0 fully saturated rings. The zero-order chi connectivity index (χ0) is 15.7. The number of aryl methyl sites for hydroxylation is 1. The van der Waals surface area contributed by atoms with Crippen molar-refractivity contribution < 1.29 is 13.2 Å². The highest BCUT2D eigenvalue weighted by Crippen LogP contribution is 2.35. The summed E-state index contributed by atoms with van der Waals surface area (Å²) in [5.41, 5.74) is 2.66. The Morgan fingerprint density at radius 3 is 2.27 bits per heavy atom. The minimum atomic E-state index is -1.49. The summed E-state index contributed by atoms with van der Waals surface area (Å²) in [5.74, 6) is -3.93. The van der Waals surface area contributed by atoms with Crippen LogP contribution in [0.2, 0.25) is 0 Å². The number of nitrogens with zero attached hydrogens (tertiary/aromatic N) is 1. The van der Waals surface area contributed by atoms with Crippen LogP contribution in [0.25, 0.3) is 22.4 Å². The van der Waals surface area contributed by atoms with Crippen LogP contribution in [-0.4, -0.2) is 4.98 Å². The van der Waals surface area contributed by atoms with E-state index in [1.807, 2.05) is 37.3 Å². The van der Waals surface area contributed by atoms with E-state index in [4.69, 9.17) is 0 Å². The van der Waals surface area contributed by atoms with Crippen molar-refractivity contribution >= 4 is 0 Å². The van der Waals surface area contributed by atoms with Gasteiger partial charge in [0.1, 0.15) is 0 Å². The minimum Gasteiger partial charge on any atom is -0.255 e. The zero-order valence-electron chi connectivity index (χ0n) is 11.8. The molecule has 110 valence electrons. The van der Waals surface area contributed by atoms with Gasteiger partial charge >= 0.3 is 0 Å². The predicted molar refractivity (Wildman–Crippen MR) is 79.7 cm³/mol. The Kier molecular flexibility index (Phi) is 3.67. The molecule has 0 amide bonds. The molecule has 0 unspecified atom stereocenters. The van der Waals surface area contributed by atoms with Crippen molar-refractivity contribution in [3.05, 3.63) is 77.7 Å². The number of aromatic nitrogens is 1. The molecular formula is C18H12F3N. The van der Waals surface area contributed by atoms with Crippen molar-refractivity contribution in [1.29, 1.82) is 0 Å². The topological polar surface area (TPSA) is 12.9 Å². The van der Waals surface area contributed by atoms with Crippen LogP contribution in [0, 0.1) is 24.4 Å². The van der Waals surface area contributed by atoms with E-state index < -0.39 is 17.5 Å². The molecule has 4 heteroatoms. The molecule has 3 rings (SSSR count). The van der Waals surface area contributed by atoms with Crippen molar-refractivity contribution in [3.8, 4) is 22.4 Å². The maximum Gasteiger partial charge on any atom is 0.195 e. The molecule has 0 aliphatic carbocycles. The van der Waals surface area contributed by atoms with Crippen LogP contribution in [0.1, 0.15) is 5.56 Å². The number of halogens is 3. The highest BCUT2D eigenvalue weighted by Gasteiger charge is 2.19. The van der Waals surface area contributed by atoms with Crippen molar-refractivity contribution in [2.24, 2.45) is 0 Å². The van der Waals surface area contributed by atoms with Crippen LogP contribution < -0.4 is 0 Å². The predicted octanol–water partition coefficient (Wildman–Crippen LogP) is 5.14. The van der Waals surface area contributed by atoms with Crippen LogP contribution >= 0.6 is 0 Å². The summed E-state index contributed by atoms with van der Waals surface area (Å²) in [4.78, 5) is 4.19. The van der Waals surface area contributed by atoms with Crippen LogP contribution in [0.15, 0.2) is 54.7 Å². The monoisotopic (exact) mass is 299 g/mol. The van der Waals surface area contributed by atoms with E-state index >= 15 is 0 Å². The highest BCUT2D eigenvalue weighted by molar-refractivity contribution is 5.83. The lowest BCUT2D eigenvalue weighted by Crippen LogP contribution is -1.98. The first kappa shape index (κ1) is 14.3. The highest BCUT2D eigenvalue weighted by atomic mass is 19.2. The van der Waals surface area contributed by atoms with Gasteiger partial charge in [-0.3, -0.25) is 4.98 Å². The van der Waals surface area contributed by atoms with Gasteiger partial charge in [-0.1, -0.05) is 30.3 Å². The molecule has 2 aromatic carbocycles. The normalized spacial score (nSPS) is 10.7. The molecule has 0 saturated carbocycles. The molecule has 22 heavy (non-hydrogen) atoms. The Morgan fingerprint density at radius 2 is 1.55 bits per heavy atom. The first-order valence-corrected chi connectivity index (χ1v) is 6.74. The fraction of sp³-hybridized carbons (Fsp3) is 0.0556. The third kappa shape index (κ3) is 2.37. The summed E-state index contributed by atoms with van der Waals surface area (Å²) < 4.78 is 40.8. The maximum absolute atomic E-state index is 14.1. The molecule has 0 bridgehead atoms. The minimum absolute atomic E-state index is 0.0542. The standard InChI is InChI=1S/C18H12F3N/c1-11-9-10-22-18(15(11)12-5-3-2-4-6-12)13-7-8-14(19)17(21)16(13)20/h2-10H,1H3. The van der Waals surface area contributed by atoms with Gasteiger partial charge < -0.3 is 0 Å². The maximum atomic E-state index is 14.1. The summed E-state index contributed by atoms with van der Waals surface area (Å²) in [6, 6.07) is 13.2. The van der Waals surface area contributed by atoms with Crippen LogP contribution in [-0.2, 0) is 0 Å². The lowest BCUT2D eigenvalue weighted by Gasteiger charge is -2.13. The SMILES string of the molecule is Cc1ccnc(-c2ccc(F)c(F)c2F)c1-c1ccccc1. The molecule has 0 aliphatic rings. The Balaban J connectivity index is 2.30. The van der Waals surface area contributed by atoms with E-state index in [0.29, 0.717) is 11.3 Å². The second kappa shape index (κ2) is 5.64. The number of pyridine rings is 1. The lowest BCUT2D eigenvalue weighted by atomic mass is 9.95. The molecule has 0 N–H and O–H groups in total. The van der Waals surface area contributed by atoms with Crippen molar-refractivity contribution in [1.82, 2.24) is 4.98 Å². The van der Waals surface area contributed by atoms with Gasteiger partial charge in [-0.2, -0.15) is 0 Å². The van der Waals surface area contributed by atoms with Crippen molar-refractivity contribution in [2.45, 2.75) is 6.92 Å². The Hall–Kier alpha value is -2.62. The lowest BCUT2D eigenvalue weighted by molar-refractivity contribution is 0.449. The fourth-order valence-corrected chi connectivity index (χ4v) is 2.44. The molecule has 0 saturated heterocycles. The van der Waals surface area contributed by atoms with E-state index in [1.165, 1.54) is 12.3 Å². The first-order chi connectivity index (χ1) is 10.6. The van der Waals surface area contributed by atoms with Crippen molar-refractivity contribution in [3.63, 3.8) is 0 Å². The third-order valence-corrected chi connectivity index (χ3v) is 3.51. The fourth-order valence-electron chi connectivity index (χ4n) is 2.44. The molecule has 0 spiro atoms. The van der Waals surface area contributed by atoms with Gasteiger partial charge in [0, 0.05) is 17.3 Å². The van der Waals surface area contributed by atoms with Gasteiger partial charge in [0.25, 0.3) is 0 Å². The largest absolute Gasteiger partial charge is 0.255 e. The summed E-state index contributed by atoms with van der Waals surface area (Å²) in [7, 11) is 0. The van der Waals surface area contributed by atoms with Crippen molar-refractivity contribution in [2.75, 3.05) is 0 Å². The molecule has 3 aromatic rings. The van der Waals surface area contributed by atoms with E-state index in [9.17, 15) is 13.2 Å². The molecular weight excluding hydrogens is 287 g/mol. The molecule has 0 atom stereocenters. The molecule has 1 aromatic heterocycles. The first-order valence-electron chi connectivity index (χ1n) is 6.74. The van der Waals surface area contributed by atoms with Gasteiger partial charge in [0.2, 0.25) is 0 Å². The molecule has 0 radical (unpaired) electrons. The van der Waals surface area contributed by atoms with Crippen LogP contribution in [0.5, 0.6) is 0 Å². The van der Waals surface area contributed by atoms with Crippen LogP contribution in [0.3, 0.4) is 0 Å². The van der Waals surface area contributed by atoms with E-state index in [-0.39, 0.29) is 5.56 Å². The average Bonchev–Trinajstić information content (AvgIpc) is 2.53. The summed E-state index contributed by atoms with van der Waals surface area (Å²) >= 11 is 0. The summed E-state index contributed by atoms with van der Waals surface area (Å²) in [5, 5.41) is 0. The number of hydrogen-bond donors (Lipinski definition) is 0. The molecule has 1 heterocycles. The van der Waals surface area contributed by atoms with Gasteiger partial charge in [-0.15, -0.1) is 0 Å². The van der Waals surface area contributed by atoms with E-state index in [1.54, 1.807) is 6.07 Å². The molecule has 0 aliphatic heterocycles. The van der Waals surface area contributed by atoms with Crippen LogP contribution in [0.4, 0.5) is 13.2 Å². The Bertz CT molecular complexity index is 829. The van der Waals surface area contributed by atoms with Gasteiger partial charge in [0.05, 0.1) is 5.69 Å². The number of hydrogen-bond acceptors (Lipinski definition) is 1. The average molecular weight is 299 g/mol. The zero-order valence-corrected chi connectivity index (χ0v) is 11.8. The number of benzene rings is 2.